The lowest BCUT2D eigenvalue weighted by atomic mass is 10.1. The van der Waals surface area contributed by atoms with Gasteiger partial charge < -0.3 is 14.2 Å². The Bertz CT molecular complexity index is 671. The average Bonchev–Trinajstić information content (AvgIpc) is 2.46. The maximum atomic E-state index is 6.13. The Kier molecular flexibility index (Phi) is 4.24. The van der Waals surface area contributed by atoms with E-state index in [4.69, 9.17) is 37.4 Å². The van der Waals surface area contributed by atoms with Gasteiger partial charge in [0.1, 0.15) is 18.1 Å². The van der Waals surface area contributed by atoms with Gasteiger partial charge in [0.15, 0.2) is 6.79 Å². The van der Waals surface area contributed by atoms with Crippen LogP contribution in [0.5, 0.6) is 11.5 Å². The van der Waals surface area contributed by atoms with Crippen molar-refractivity contribution in [3.8, 4) is 11.5 Å². The van der Waals surface area contributed by atoms with Crippen molar-refractivity contribution in [1.82, 2.24) is 0 Å². The SMILES string of the molecule is Cc1cc(Cl)ccc1OCc1cc(Cl)cc2c1OCOC2. The number of hydrogen-bond acceptors (Lipinski definition) is 3. The van der Waals surface area contributed by atoms with Gasteiger partial charge in [0.2, 0.25) is 0 Å². The molecule has 2 aromatic carbocycles. The van der Waals surface area contributed by atoms with Crippen LogP contribution >= 0.6 is 23.2 Å². The molecule has 0 bridgehead atoms. The van der Waals surface area contributed by atoms with Gasteiger partial charge >= 0.3 is 0 Å². The smallest absolute Gasteiger partial charge is 0.189 e. The van der Waals surface area contributed by atoms with Crippen LogP contribution in [-0.4, -0.2) is 6.79 Å². The first-order chi connectivity index (χ1) is 10.1. The maximum absolute atomic E-state index is 6.13. The van der Waals surface area contributed by atoms with Crippen molar-refractivity contribution in [1.29, 1.82) is 0 Å². The Hall–Kier alpha value is -1.42. The molecule has 0 spiro atoms. The standard InChI is InChI=1S/C16H14Cl2O3/c1-10-4-13(17)2-3-15(10)20-8-12-6-14(18)5-11-7-19-9-21-16(11)12/h2-6H,7-9H2,1H3. The van der Waals surface area contributed by atoms with E-state index in [1.807, 2.05) is 37.3 Å². The largest absolute Gasteiger partial charge is 0.488 e. The van der Waals surface area contributed by atoms with Crippen molar-refractivity contribution < 1.29 is 14.2 Å². The lowest BCUT2D eigenvalue weighted by Gasteiger charge is -2.21. The van der Waals surface area contributed by atoms with Gasteiger partial charge in [0.05, 0.1) is 6.61 Å². The molecule has 1 aliphatic heterocycles. The van der Waals surface area contributed by atoms with Gasteiger partial charge in [0.25, 0.3) is 0 Å². The summed E-state index contributed by atoms with van der Waals surface area (Å²) in [5, 5.41) is 1.34. The van der Waals surface area contributed by atoms with Crippen LogP contribution < -0.4 is 9.47 Å². The lowest BCUT2D eigenvalue weighted by molar-refractivity contribution is -0.0175. The molecule has 110 valence electrons. The van der Waals surface area contributed by atoms with Gasteiger partial charge in [-0.2, -0.15) is 0 Å². The topological polar surface area (TPSA) is 27.7 Å². The van der Waals surface area contributed by atoms with Crippen LogP contribution in [0, 0.1) is 6.92 Å². The summed E-state index contributed by atoms with van der Waals surface area (Å²) in [7, 11) is 0. The molecule has 1 heterocycles. The first-order valence-electron chi connectivity index (χ1n) is 6.54. The quantitative estimate of drug-likeness (QED) is 0.815. The molecule has 2 aromatic rings. The van der Waals surface area contributed by atoms with Crippen molar-refractivity contribution in [3.05, 3.63) is 57.1 Å². The predicted octanol–water partition coefficient (Wildman–Crippen LogP) is 4.75. The third-order valence-electron chi connectivity index (χ3n) is 3.27. The molecule has 0 saturated carbocycles. The zero-order valence-corrected chi connectivity index (χ0v) is 13.0. The minimum atomic E-state index is 0.252. The van der Waals surface area contributed by atoms with Gasteiger partial charge in [-0.1, -0.05) is 23.2 Å². The van der Waals surface area contributed by atoms with Crippen LogP contribution in [0.3, 0.4) is 0 Å². The van der Waals surface area contributed by atoms with E-state index >= 15 is 0 Å². The van der Waals surface area contributed by atoms with E-state index in [0.717, 1.165) is 28.2 Å². The maximum Gasteiger partial charge on any atom is 0.189 e. The summed E-state index contributed by atoms with van der Waals surface area (Å²) in [6.45, 7) is 3.09. The highest BCUT2D eigenvalue weighted by molar-refractivity contribution is 6.31. The van der Waals surface area contributed by atoms with Crippen molar-refractivity contribution in [2.75, 3.05) is 6.79 Å². The highest BCUT2D eigenvalue weighted by Gasteiger charge is 2.17. The molecule has 0 atom stereocenters. The Labute approximate surface area is 133 Å². The second-order valence-electron chi connectivity index (χ2n) is 4.86. The molecule has 3 nitrogen and oxygen atoms in total. The van der Waals surface area contributed by atoms with E-state index in [1.165, 1.54) is 0 Å². The highest BCUT2D eigenvalue weighted by atomic mass is 35.5. The van der Waals surface area contributed by atoms with Crippen molar-refractivity contribution in [2.24, 2.45) is 0 Å². The molecule has 0 N–H and O–H groups in total. The molecule has 0 aliphatic carbocycles. The third kappa shape index (κ3) is 3.26. The van der Waals surface area contributed by atoms with Crippen LogP contribution in [0.4, 0.5) is 0 Å². The molecule has 5 heteroatoms. The summed E-state index contributed by atoms with van der Waals surface area (Å²) in [5.41, 5.74) is 2.85. The van der Waals surface area contributed by atoms with Crippen molar-refractivity contribution in [3.63, 3.8) is 0 Å². The van der Waals surface area contributed by atoms with Gasteiger partial charge in [-0.05, 0) is 42.8 Å². The van der Waals surface area contributed by atoms with Gasteiger partial charge in [-0.15, -0.1) is 0 Å². The van der Waals surface area contributed by atoms with Crippen LogP contribution in [0.25, 0.3) is 0 Å². The zero-order valence-electron chi connectivity index (χ0n) is 11.5. The van der Waals surface area contributed by atoms with Crippen molar-refractivity contribution >= 4 is 23.2 Å². The van der Waals surface area contributed by atoms with Crippen LogP contribution in [0.15, 0.2) is 30.3 Å². The van der Waals surface area contributed by atoms with Crippen LogP contribution in [0.2, 0.25) is 10.0 Å². The Balaban J connectivity index is 1.83. The van der Waals surface area contributed by atoms with Crippen LogP contribution in [-0.2, 0) is 18.0 Å². The summed E-state index contributed by atoms with van der Waals surface area (Å²) >= 11 is 12.1. The minimum absolute atomic E-state index is 0.252. The molecule has 0 saturated heterocycles. The summed E-state index contributed by atoms with van der Waals surface area (Å²) in [6.07, 6.45) is 0. The number of aryl methyl sites for hydroxylation is 1. The van der Waals surface area contributed by atoms with E-state index in [1.54, 1.807) is 0 Å². The Morgan fingerprint density at radius 1 is 1.14 bits per heavy atom. The van der Waals surface area contributed by atoms with Gasteiger partial charge in [-0.25, -0.2) is 0 Å². The second kappa shape index (κ2) is 6.14. The van der Waals surface area contributed by atoms with Gasteiger partial charge in [-0.3, -0.25) is 0 Å². The number of benzene rings is 2. The molecule has 0 unspecified atom stereocenters. The predicted molar refractivity (Wildman–Crippen MR) is 82.3 cm³/mol. The number of ether oxygens (including phenoxy) is 3. The summed E-state index contributed by atoms with van der Waals surface area (Å²) in [5.74, 6) is 1.59. The van der Waals surface area contributed by atoms with E-state index in [9.17, 15) is 0 Å². The van der Waals surface area contributed by atoms with Gasteiger partial charge in [0, 0.05) is 21.2 Å². The third-order valence-corrected chi connectivity index (χ3v) is 3.73. The average molecular weight is 325 g/mol. The number of fused-ring (bicyclic) bond motifs is 1. The number of halogens is 2. The fourth-order valence-electron chi connectivity index (χ4n) is 2.29. The molecular weight excluding hydrogens is 311 g/mol. The molecular formula is C16H14Cl2O3. The summed E-state index contributed by atoms with van der Waals surface area (Å²) < 4.78 is 16.7. The Morgan fingerprint density at radius 3 is 2.81 bits per heavy atom. The molecule has 0 fully saturated rings. The molecule has 0 aromatic heterocycles. The van der Waals surface area contributed by atoms with E-state index in [0.29, 0.717) is 23.3 Å². The van der Waals surface area contributed by atoms with E-state index in [2.05, 4.69) is 0 Å². The first-order valence-corrected chi connectivity index (χ1v) is 7.30. The lowest BCUT2D eigenvalue weighted by Crippen LogP contribution is -2.14. The van der Waals surface area contributed by atoms with E-state index < -0.39 is 0 Å². The summed E-state index contributed by atoms with van der Waals surface area (Å²) in [4.78, 5) is 0. The summed E-state index contributed by atoms with van der Waals surface area (Å²) in [6, 6.07) is 9.25. The Morgan fingerprint density at radius 2 is 2.00 bits per heavy atom. The second-order valence-corrected chi connectivity index (χ2v) is 5.74. The molecule has 3 rings (SSSR count). The first kappa shape index (κ1) is 14.5. The normalized spacial score (nSPS) is 13.5. The molecule has 0 radical (unpaired) electrons. The van der Waals surface area contributed by atoms with Crippen molar-refractivity contribution in [2.45, 2.75) is 20.1 Å². The number of rotatable bonds is 3. The monoisotopic (exact) mass is 324 g/mol. The zero-order chi connectivity index (χ0) is 14.8. The fourth-order valence-corrected chi connectivity index (χ4v) is 2.78. The highest BCUT2D eigenvalue weighted by Crippen LogP contribution is 2.33. The molecule has 21 heavy (non-hydrogen) atoms. The molecule has 0 amide bonds. The fraction of sp³-hybridized carbons (Fsp3) is 0.250. The van der Waals surface area contributed by atoms with Crippen LogP contribution in [0.1, 0.15) is 16.7 Å². The van der Waals surface area contributed by atoms with E-state index in [-0.39, 0.29) is 6.79 Å². The number of hydrogen-bond donors (Lipinski definition) is 0. The molecule has 1 aliphatic rings. The minimum Gasteiger partial charge on any atom is -0.488 e.